The third kappa shape index (κ3) is 3.60. The third-order valence-electron chi connectivity index (χ3n) is 4.76. The number of aryl methyl sites for hydroxylation is 1. The normalized spacial score (nSPS) is 16.0. The topological polar surface area (TPSA) is 87.5 Å². The van der Waals surface area contributed by atoms with Crippen molar-refractivity contribution < 1.29 is 14.0 Å². The lowest BCUT2D eigenvalue weighted by atomic mass is 9.84. The highest BCUT2D eigenvalue weighted by Gasteiger charge is 2.42. The van der Waals surface area contributed by atoms with Crippen molar-refractivity contribution in [3.05, 3.63) is 24.1 Å². The Kier molecular flexibility index (Phi) is 4.65. The van der Waals surface area contributed by atoms with Crippen LogP contribution in [0.15, 0.2) is 22.6 Å². The molecule has 2 N–H and O–H groups in total. The van der Waals surface area contributed by atoms with Crippen LogP contribution in [0, 0.1) is 12.3 Å². The number of aromatic nitrogens is 1. The number of fused-ring (bicyclic) bond motifs is 1. The van der Waals surface area contributed by atoms with Gasteiger partial charge in [-0.2, -0.15) is 0 Å². The van der Waals surface area contributed by atoms with Gasteiger partial charge < -0.3 is 20.0 Å². The number of nitrogens with one attached hydrogen (secondary N) is 2. The number of nitrogens with zero attached hydrogens (tertiary/aromatic N) is 2. The van der Waals surface area contributed by atoms with E-state index in [0.29, 0.717) is 23.7 Å². The van der Waals surface area contributed by atoms with Crippen molar-refractivity contribution in [3.63, 3.8) is 0 Å². The van der Waals surface area contributed by atoms with E-state index in [1.165, 1.54) is 0 Å². The molecule has 1 fully saturated rings. The highest BCUT2D eigenvalue weighted by atomic mass is 16.3. The molecule has 0 spiro atoms. The summed E-state index contributed by atoms with van der Waals surface area (Å²) in [6.07, 6.45) is 3.66. The lowest BCUT2D eigenvalue weighted by Gasteiger charge is -2.30. The van der Waals surface area contributed by atoms with E-state index in [2.05, 4.69) is 15.6 Å². The van der Waals surface area contributed by atoms with E-state index in [9.17, 15) is 9.59 Å². The maximum atomic E-state index is 12.5. The molecule has 0 saturated heterocycles. The van der Waals surface area contributed by atoms with Gasteiger partial charge in [-0.3, -0.25) is 4.79 Å². The Morgan fingerprint density at radius 2 is 2.00 bits per heavy atom. The maximum absolute atomic E-state index is 12.5. The van der Waals surface area contributed by atoms with Gasteiger partial charge in [0, 0.05) is 39.3 Å². The van der Waals surface area contributed by atoms with Gasteiger partial charge in [-0.05, 0) is 25.0 Å². The van der Waals surface area contributed by atoms with Crippen molar-refractivity contribution in [1.82, 2.24) is 15.2 Å². The summed E-state index contributed by atoms with van der Waals surface area (Å²) in [6, 6.07) is 4.99. The van der Waals surface area contributed by atoms with E-state index in [1.54, 1.807) is 44.1 Å². The van der Waals surface area contributed by atoms with Crippen LogP contribution in [0.3, 0.4) is 0 Å². The number of carbonyl (C=O) groups excluding carboxylic acids is 2. The molecule has 2 aromatic rings. The third-order valence-corrected chi connectivity index (χ3v) is 4.76. The summed E-state index contributed by atoms with van der Waals surface area (Å²) in [5, 5.41) is 5.65. The fourth-order valence-corrected chi connectivity index (χ4v) is 3.53. The monoisotopic (exact) mass is 344 g/mol. The lowest BCUT2D eigenvalue weighted by Crippen LogP contribution is -2.47. The Balaban J connectivity index is 1.63. The van der Waals surface area contributed by atoms with Crippen molar-refractivity contribution in [2.75, 3.05) is 26.0 Å². The van der Waals surface area contributed by atoms with Crippen molar-refractivity contribution in [1.29, 1.82) is 0 Å². The van der Waals surface area contributed by atoms with E-state index in [4.69, 9.17) is 4.42 Å². The Hall–Kier alpha value is -2.57. The molecule has 1 aromatic carbocycles. The number of hydrogen-bond acceptors (Lipinski definition) is 4. The predicted molar refractivity (Wildman–Crippen MR) is 95.4 cm³/mol. The first-order valence-electron chi connectivity index (χ1n) is 8.53. The molecule has 0 atom stereocenters. The van der Waals surface area contributed by atoms with Crippen molar-refractivity contribution >= 4 is 28.7 Å². The van der Waals surface area contributed by atoms with Gasteiger partial charge in [-0.15, -0.1) is 0 Å². The largest absolute Gasteiger partial charge is 0.441 e. The van der Waals surface area contributed by atoms with Gasteiger partial charge >= 0.3 is 6.03 Å². The first-order valence-corrected chi connectivity index (χ1v) is 8.53. The quantitative estimate of drug-likeness (QED) is 0.893. The zero-order chi connectivity index (χ0) is 18.0. The number of carbonyl (C=O) groups is 2. The zero-order valence-corrected chi connectivity index (χ0v) is 14.9. The second-order valence-corrected chi connectivity index (χ2v) is 6.91. The molecule has 7 nitrogen and oxygen atoms in total. The summed E-state index contributed by atoms with van der Waals surface area (Å²) < 4.78 is 5.47. The van der Waals surface area contributed by atoms with Gasteiger partial charge in [0.05, 0.1) is 5.41 Å². The molecule has 25 heavy (non-hydrogen) atoms. The Morgan fingerprint density at radius 1 is 1.28 bits per heavy atom. The van der Waals surface area contributed by atoms with Crippen LogP contribution in [-0.2, 0) is 4.79 Å². The SMILES string of the molecule is Cc1nc2ccc(NC(=O)NCC3(C(=O)N(C)C)CCCC3)cc2o1. The zero-order valence-electron chi connectivity index (χ0n) is 14.9. The molecule has 7 heteroatoms. The number of benzene rings is 1. The minimum Gasteiger partial charge on any atom is -0.441 e. The van der Waals surface area contributed by atoms with Gasteiger partial charge in [0.25, 0.3) is 0 Å². The summed E-state index contributed by atoms with van der Waals surface area (Å²) in [4.78, 5) is 30.6. The number of anilines is 1. The molecule has 1 saturated carbocycles. The summed E-state index contributed by atoms with van der Waals surface area (Å²) in [5.41, 5.74) is 1.53. The van der Waals surface area contributed by atoms with Crippen LogP contribution in [0.4, 0.5) is 10.5 Å². The van der Waals surface area contributed by atoms with Gasteiger partial charge in [0.2, 0.25) is 5.91 Å². The molecule has 1 aliphatic carbocycles. The van der Waals surface area contributed by atoms with Gasteiger partial charge in [0.15, 0.2) is 11.5 Å². The van der Waals surface area contributed by atoms with Crippen molar-refractivity contribution in [3.8, 4) is 0 Å². The molecular weight excluding hydrogens is 320 g/mol. The molecule has 3 amide bonds. The minimum atomic E-state index is -0.479. The molecule has 0 aliphatic heterocycles. The summed E-state index contributed by atoms with van der Waals surface area (Å²) >= 11 is 0. The van der Waals surface area contributed by atoms with E-state index >= 15 is 0 Å². The summed E-state index contributed by atoms with van der Waals surface area (Å²) in [7, 11) is 3.52. The molecule has 0 unspecified atom stereocenters. The fourth-order valence-electron chi connectivity index (χ4n) is 3.53. The van der Waals surface area contributed by atoms with Crippen molar-refractivity contribution in [2.24, 2.45) is 5.41 Å². The highest BCUT2D eigenvalue weighted by molar-refractivity contribution is 5.92. The first-order chi connectivity index (χ1) is 11.9. The van der Waals surface area contributed by atoms with Crippen LogP contribution >= 0.6 is 0 Å². The van der Waals surface area contributed by atoms with Gasteiger partial charge in [0.1, 0.15) is 5.52 Å². The first kappa shape index (κ1) is 17.3. The number of oxazole rings is 1. The highest BCUT2D eigenvalue weighted by Crippen LogP contribution is 2.38. The van der Waals surface area contributed by atoms with Crippen LogP contribution in [0.2, 0.25) is 0 Å². The summed E-state index contributed by atoms with van der Waals surface area (Å²) in [5.74, 6) is 0.672. The van der Waals surface area contributed by atoms with Gasteiger partial charge in [-0.1, -0.05) is 12.8 Å². The molecule has 1 aromatic heterocycles. The van der Waals surface area contributed by atoms with Gasteiger partial charge in [-0.25, -0.2) is 9.78 Å². The molecule has 1 heterocycles. The lowest BCUT2D eigenvalue weighted by molar-refractivity contribution is -0.138. The molecule has 0 bridgehead atoms. The Morgan fingerprint density at radius 3 is 2.68 bits per heavy atom. The van der Waals surface area contributed by atoms with Crippen molar-refractivity contribution in [2.45, 2.75) is 32.6 Å². The van der Waals surface area contributed by atoms with Crippen LogP contribution in [0.1, 0.15) is 31.6 Å². The predicted octanol–water partition coefficient (Wildman–Crippen LogP) is 2.91. The molecule has 0 radical (unpaired) electrons. The number of urea groups is 1. The van der Waals surface area contributed by atoms with E-state index in [1.807, 2.05) is 0 Å². The smallest absolute Gasteiger partial charge is 0.319 e. The van der Waals surface area contributed by atoms with Crippen LogP contribution in [0.5, 0.6) is 0 Å². The second kappa shape index (κ2) is 6.74. The Labute approximate surface area is 146 Å². The van der Waals surface area contributed by atoms with Crippen LogP contribution < -0.4 is 10.6 Å². The average molecular weight is 344 g/mol. The van der Waals surface area contributed by atoms with E-state index < -0.39 is 5.41 Å². The van der Waals surface area contributed by atoms with Crippen LogP contribution in [-0.4, -0.2) is 42.5 Å². The minimum absolute atomic E-state index is 0.0869. The fraction of sp³-hybridized carbons (Fsp3) is 0.500. The van der Waals surface area contributed by atoms with Crippen LogP contribution in [0.25, 0.3) is 11.1 Å². The van der Waals surface area contributed by atoms with E-state index in [0.717, 1.165) is 31.2 Å². The summed E-state index contributed by atoms with van der Waals surface area (Å²) in [6.45, 7) is 2.13. The number of hydrogen-bond donors (Lipinski definition) is 2. The molecule has 3 rings (SSSR count). The molecule has 1 aliphatic rings. The Bertz CT molecular complexity index is 791. The molecule has 134 valence electrons. The standard InChI is InChI=1S/C18H24N4O3/c1-12-20-14-7-6-13(10-15(14)25-12)21-17(24)19-11-18(8-4-5-9-18)16(23)22(2)3/h6-7,10H,4-5,8-9,11H2,1-3H3,(H2,19,21,24). The number of amides is 3. The maximum Gasteiger partial charge on any atom is 0.319 e. The number of rotatable bonds is 4. The second-order valence-electron chi connectivity index (χ2n) is 6.91. The molecular formula is C18H24N4O3. The average Bonchev–Trinajstić information content (AvgIpc) is 3.18. The van der Waals surface area contributed by atoms with E-state index in [-0.39, 0.29) is 11.9 Å².